The van der Waals surface area contributed by atoms with Crippen molar-refractivity contribution >= 4 is 17.3 Å². The fourth-order valence-electron chi connectivity index (χ4n) is 3.05. The van der Waals surface area contributed by atoms with Crippen LogP contribution in [-0.2, 0) is 6.54 Å². The molecule has 3 nitrogen and oxygen atoms in total. The van der Waals surface area contributed by atoms with Crippen LogP contribution in [0, 0.1) is 17.1 Å². The molecule has 0 unspecified atom stereocenters. The van der Waals surface area contributed by atoms with Gasteiger partial charge in [0.1, 0.15) is 11.4 Å². The van der Waals surface area contributed by atoms with Crippen molar-refractivity contribution in [3.8, 4) is 6.07 Å². The van der Waals surface area contributed by atoms with E-state index in [1.54, 1.807) is 6.07 Å². The van der Waals surface area contributed by atoms with Crippen molar-refractivity contribution in [2.75, 3.05) is 18.4 Å². The minimum atomic E-state index is -0.631. The number of piperidine rings is 1. The molecule has 0 bridgehead atoms. The van der Waals surface area contributed by atoms with E-state index in [1.165, 1.54) is 17.7 Å². The molecule has 0 spiro atoms. The molecule has 0 radical (unpaired) electrons. The Labute approximate surface area is 146 Å². The maximum atomic E-state index is 13.3. The van der Waals surface area contributed by atoms with Crippen LogP contribution < -0.4 is 5.32 Å². The highest BCUT2D eigenvalue weighted by Crippen LogP contribution is 2.29. The van der Waals surface area contributed by atoms with Crippen molar-refractivity contribution in [1.29, 1.82) is 5.26 Å². The van der Waals surface area contributed by atoms with Gasteiger partial charge in [0.15, 0.2) is 0 Å². The average molecular weight is 344 g/mol. The van der Waals surface area contributed by atoms with Gasteiger partial charge in [-0.1, -0.05) is 41.9 Å². The molecule has 1 fully saturated rings. The van der Waals surface area contributed by atoms with Gasteiger partial charge in [0, 0.05) is 25.3 Å². The summed E-state index contributed by atoms with van der Waals surface area (Å²) in [4.78, 5) is 2.35. The van der Waals surface area contributed by atoms with Gasteiger partial charge in [0.05, 0.1) is 11.1 Å². The lowest BCUT2D eigenvalue weighted by atomic mass is 9.88. The SMILES string of the molecule is N#CC1(Nc2ccc(F)c(Cl)c2)CCN(Cc2ccccc2)CC1. The highest BCUT2D eigenvalue weighted by atomic mass is 35.5. The number of hydrogen-bond donors (Lipinski definition) is 1. The van der Waals surface area contributed by atoms with Gasteiger partial charge in [-0.3, -0.25) is 4.90 Å². The van der Waals surface area contributed by atoms with Gasteiger partial charge in [-0.15, -0.1) is 0 Å². The van der Waals surface area contributed by atoms with Crippen LogP contribution in [0.5, 0.6) is 0 Å². The molecule has 0 aromatic heterocycles. The maximum Gasteiger partial charge on any atom is 0.141 e. The number of nitrogens with zero attached hydrogens (tertiary/aromatic N) is 2. The molecule has 2 aromatic rings. The summed E-state index contributed by atoms with van der Waals surface area (Å²) in [7, 11) is 0. The molecule has 24 heavy (non-hydrogen) atoms. The van der Waals surface area contributed by atoms with Crippen molar-refractivity contribution in [2.24, 2.45) is 0 Å². The number of halogens is 2. The lowest BCUT2D eigenvalue weighted by Crippen LogP contribution is -2.48. The zero-order valence-electron chi connectivity index (χ0n) is 13.3. The van der Waals surface area contributed by atoms with E-state index in [1.807, 2.05) is 18.2 Å². The fourth-order valence-corrected chi connectivity index (χ4v) is 3.23. The zero-order chi connectivity index (χ0) is 17.0. The Morgan fingerprint density at radius 1 is 1.17 bits per heavy atom. The van der Waals surface area contributed by atoms with Crippen LogP contribution >= 0.6 is 11.6 Å². The van der Waals surface area contributed by atoms with Gasteiger partial charge in [-0.05, 0) is 36.6 Å². The van der Waals surface area contributed by atoms with Crippen LogP contribution in [0.1, 0.15) is 18.4 Å². The predicted molar refractivity (Wildman–Crippen MR) is 94.3 cm³/mol. The smallest absolute Gasteiger partial charge is 0.141 e. The summed E-state index contributed by atoms with van der Waals surface area (Å²) in [6.45, 7) is 2.57. The van der Waals surface area contributed by atoms with Crippen LogP contribution in [0.2, 0.25) is 5.02 Å². The molecule has 1 saturated heterocycles. The number of nitrogens with one attached hydrogen (secondary N) is 1. The van der Waals surface area contributed by atoms with Crippen molar-refractivity contribution in [2.45, 2.75) is 24.9 Å². The summed E-state index contributed by atoms with van der Waals surface area (Å²) in [5.74, 6) is -0.453. The third-order valence-corrected chi connectivity index (χ3v) is 4.77. The van der Waals surface area contributed by atoms with E-state index in [0.717, 1.165) is 19.6 Å². The van der Waals surface area contributed by atoms with E-state index >= 15 is 0 Å². The second-order valence-corrected chi connectivity index (χ2v) is 6.62. The number of rotatable bonds is 4. The van der Waals surface area contributed by atoms with Crippen LogP contribution in [0.25, 0.3) is 0 Å². The van der Waals surface area contributed by atoms with Gasteiger partial charge >= 0.3 is 0 Å². The molecule has 3 rings (SSSR count). The van der Waals surface area contributed by atoms with E-state index < -0.39 is 11.4 Å². The minimum Gasteiger partial charge on any atom is -0.367 e. The van der Waals surface area contributed by atoms with E-state index in [2.05, 4.69) is 28.4 Å². The Morgan fingerprint density at radius 2 is 1.88 bits per heavy atom. The molecular weight excluding hydrogens is 325 g/mol. The molecule has 0 atom stereocenters. The Bertz CT molecular complexity index is 734. The molecule has 124 valence electrons. The summed E-state index contributed by atoms with van der Waals surface area (Å²) in [6.07, 6.45) is 1.43. The summed E-state index contributed by atoms with van der Waals surface area (Å²) in [5, 5.41) is 13.0. The van der Waals surface area contributed by atoms with Crippen LogP contribution in [-0.4, -0.2) is 23.5 Å². The van der Waals surface area contributed by atoms with Gasteiger partial charge in [0.2, 0.25) is 0 Å². The third-order valence-electron chi connectivity index (χ3n) is 4.48. The molecule has 0 aliphatic carbocycles. The van der Waals surface area contributed by atoms with Crippen LogP contribution in [0.4, 0.5) is 10.1 Å². The van der Waals surface area contributed by atoms with Gasteiger partial charge in [-0.25, -0.2) is 4.39 Å². The third kappa shape index (κ3) is 3.87. The largest absolute Gasteiger partial charge is 0.367 e. The Kier molecular flexibility index (Phi) is 5.03. The minimum absolute atomic E-state index is 0.0644. The fraction of sp³-hybridized carbons (Fsp3) is 0.316. The summed E-state index contributed by atoms with van der Waals surface area (Å²) < 4.78 is 13.3. The Morgan fingerprint density at radius 3 is 2.50 bits per heavy atom. The molecular formula is C19H19ClFN3. The van der Waals surface area contributed by atoms with Crippen molar-refractivity contribution in [1.82, 2.24) is 4.90 Å². The van der Waals surface area contributed by atoms with E-state index in [-0.39, 0.29) is 5.02 Å². The zero-order valence-corrected chi connectivity index (χ0v) is 14.1. The Balaban J connectivity index is 1.63. The standard InChI is InChI=1S/C19H19ClFN3/c20-17-12-16(6-7-18(17)21)23-19(14-22)8-10-24(11-9-19)13-15-4-2-1-3-5-15/h1-7,12,23H,8-11,13H2. The van der Waals surface area contributed by atoms with E-state index in [0.29, 0.717) is 18.5 Å². The monoisotopic (exact) mass is 343 g/mol. The number of likely N-dealkylation sites (tertiary alicyclic amines) is 1. The molecule has 2 aromatic carbocycles. The molecule has 1 N–H and O–H groups in total. The normalized spacial score (nSPS) is 17.2. The van der Waals surface area contributed by atoms with Gasteiger partial charge < -0.3 is 5.32 Å². The summed E-state index contributed by atoms with van der Waals surface area (Å²) in [6, 6.07) is 17.2. The van der Waals surface area contributed by atoms with Crippen LogP contribution in [0.15, 0.2) is 48.5 Å². The summed E-state index contributed by atoms with van der Waals surface area (Å²) in [5.41, 5.74) is 1.33. The molecule has 0 saturated carbocycles. The van der Waals surface area contributed by atoms with Gasteiger partial charge in [-0.2, -0.15) is 5.26 Å². The van der Waals surface area contributed by atoms with Crippen LogP contribution in [0.3, 0.4) is 0 Å². The Hall–Kier alpha value is -2.09. The first-order valence-electron chi connectivity index (χ1n) is 8.01. The molecule has 0 amide bonds. The van der Waals surface area contributed by atoms with Crippen molar-refractivity contribution in [3.63, 3.8) is 0 Å². The van der Waals surface area contributed by atoms with E-state index in [9.17, 15) is 9.65 Å². The average Bonchev–Trinajstić information content (AvgIpc) is 2.61. The molecule has 5 heteroatoms. The van der Waals surface area contributed by atoms with Crippen molar-refractivity contribution in [3.05, 3.63) is 64.9 Å². The highest BCUT2D eigenvalue weighted by molar-refractivity contribution is 6.31. The maximum absolute atomic E-state index is 13.3. The predicted octanol–water partition coefficient (Wildman–Crippen LogP) is 4.45. The number of nitriles is 1. The first kappa shape index (κ1) is 16.8. The molecule has 1 aliphatic rings. The van der Waals surface area contributed by atoms with Crippen molar-refractivity contribution < 1.29 is 4.39 Å². The second-order valence-electron chi connectivity index (χ2n) is 6.21. The number of benzene rings is 2. The number of anilines is 1. The quantitative estimate of drug-likeness (QED) is 0.891. The topological polar surface area (TPSA) is 39.1 Å². The van der Waals surface area contributed by atoms with Gasteiger partial charge in [0.25, 0.3) is 0 Å². The second kappa shape index (κ2) is 7.21. The lowest BCUT2D eigenvalue weighted by molar-refractivity contribution is 0.189. The lowest BCUT2D eigenvalue weighted by Gasteiger charge is -2.38. The summed E-state index contributed by atoms with van der Waals surface area (Å²) >= 11 is 5.83. The highest BCUT2D eigenvalue weighted by Gasteiger charge is 2.34. The first-order chi connectivity index (χ1) is 11.6. The van der Waals surface area contributed by atoms with E-state index in [4.69, 9.17) is 11.6 Å². The first-order valence-corrected chi connectivity index (χ1v) is 8.39. The molecule has 1 heterocycles. The number of hydrogen-bond acceptors (Lipinski definition) is 3. The molecule has 1 aliphatic heterocycles.